The molecule has 3 rings (SSSR count). The number of carbonyl (C=O) groups is 1. The van der Waals surface area contributed by atoms with Crippen molar-refractivity contribution in [1.29, 1.82) is 0 Å². The van der Waals surface area contributed by atoms with Gasteiger partial charge in [-0.1, -0.05) is 30.7 Å². The molecule has 24 heavy (non-hydrogen) atoms. The van der Waals surface area contributed by atoms with Crippen LogP contribution in [-0.2, 0) is 7.05 Å². The number of hydrogen-bond acceptors (Lipinski definition) is 3. The van der Waals surface area contributed by atoms with Crippen LogP contribution in [0.4, 0.5) is 0 Å². The van der Waals surface area contributed by atoms with Crippen molar-refractivity contribution >= 4 is 17.5 Å². The Bertz CT molecular complexity index is 853. The van der Waals surface area contributed by atoms with E-state index in [1.54, 1.807) is 29.1 Å². The highest BCUT2D eigenvalue weighted by Gasteiger charge is 2.19. The normalized spacial score (nSPS) is 12.1. The molecule has 0 fully saturated rings. The van der Waals surface area contributed by atoms with E-state index in [1.807, 2.05) is 38.2 Å². The van der Waals surface area contributed by atoms with E-state index in [4.69, 9.17) is 16.0 Å². The van der Waals surface area contributed by atoms with E-state index in [9.17, 15) is 4.79 Å². The Kier molecular flexibility index (Phi) is 4.71. The van der Waals surface area contributed by atoms with Gasteiger partial charge in [0.2, 0.25) is 0 Å². The zero-order valence-corrected chi connectivity index (χ0v) is 14.2. The number of benzene rings is 1. The van der Waals surface area contributed by atoms with Crippen LogP contribution in [0, 0.1) is 0 Å². The molecule has 6 heteroatoms. The maximum absolute atomic E-state index is 12.5. The van der Waals surface area contributed by atoms with E-state index >= 15 is 0 Å². The van der Waals surface area contributed by atoms with E-state index in [-0.39, 0.29) is 17.7 Å². The molecule has 3 aromatic rings. The quantitative estimate of drug-likeness (QED) is 0.754. The summed E-state index contributed by atoms with van der Waals surface area (Å²) in [5.74, 6) is 0.561. The molecule has 2 aromatic heterocycles. The van der Waals surface area contributed by atoms with Crippen molar-refractivity contribution in [2.45, 2.75) is 19.4 Å². The Balaban J connectivity index is 1.79. The standard InChI is InChI=1S/C18H18ClN3O2/c1-3-14(15-10-11-20-22(15)2)21-18(23)17-9-8-16(24-17)12-6-4-5-7-13(12)19/h4-11,14H,3H2,1-2H3,(H,21,23)/t14-/m0/s1. The molecule has 0 bridgehead atoms. The predicted molar refractivity (Wildman–Crippen MR) is 92.9 cm³/mol. The van der Waals surface area contributed by atoms with Gasteiger partial charge < -0.3 is 9.73 Å². The molecular formula is C18H18ClN3O2. The van der Waals surface area contributed by atoms with Crippen LogP contribution in [0.3, 0.4) is 0 Å². The monoisotopic (exact) mass is 343 g/mol. The molecule has 2 heterocycles. The SMILES string of the molecule is CC[C@H](NC(=O)c1ccc(-c2ccccc2Cl)o1)c1ccnn1C. The van der Waals surface area contributed by atoms with Gasteiger partial charge in [0, 0.05) is 18.8 Å². The first kappa shape index (κ1) is 16.3. The lowest BCUT2D eigenvalue weighted by molar-refractivity contribution is 0.0906. The van der Waals surface area contributed by atoms with Gasteiger partial charge in [-0.15, -0.1) is 0 Å². The molecule has 124 valence electrons. The Morgan fingerprint density at radius 3 is 2.75 bits per heavy atom. The Labute approximate surface area is 145 Å². The first-order valence-corrected chi connectivity index (χ1v) is 8.11. The lowest BCUT2D eigenvalue weighted by atomic mass is 10.1. The fraction of sp³-hybridized carbons (Fsp3) is 0.222. The van der Waals surface area contributed by atoms with Crippen molar-refractivity contribution < 1.29 is 9.21 Å². The Morgan fingerprint density at radius 2 is 2.08 bits per heavy atom. The van der Waals surface area contributed by atoms with Gasteiger partial charge in [0.1, 0.15) is 5.76 Å². The molecule has 1 N–H and O–H groups in total. The summed E-state index contributed by atoms with van der Waals surface area (Å²) in [5, 5.41) is 7.71. The van der Waals surface area contributed by atoms with Crippen molar-refractivity contribution in [2.75, 3.05) is 0 Å². The van der Waals surface area contributed by atoms with Crippen LogP contribution < -0.4 is 5.32 Å². The summed E-state index contributed by atoms with van der Waals surface area (Å²) >= 11 is 6.17. The molecule has 0 saturated carbocycles. The highest BCUT2D eigenvalue weighted by molar-refractivity contribution is 6.33. The number of rotatable bonds is 5. The summed E-state index contributed by atoms with van der Waals surface area (Å²) in [7, 11) is 1.85. The average molecular weight is 344 g/mol. The molecule has 0 saturated heterocycles. The number of aryl methyl sites for hydroxylation is 1. The highest BCUT2D eigenvalue weighted by atomic mass is 35.5. The van der Waals surface area contributed by atoms with Crippen LogP contribution in [0.5, 0.6) is 0 Å². The molecule has 0 spiro atoms. The third-order valence-electron chi connectivity index (χ3n) is 3.90. The second kappa shape index (κ2) is 6.93. The van der Waals surface area contributed by atoms with E-state index in [1.165, 1.54) is 0 Å². The van der Waals surface area contributed by atoms with Gasteiger partial charge in [0.05, 0.1) is 16.8 Å². The van der Waals surface area contributed by atoms with Gasteiger partial charge in [-0.3, -0.25) is 9.48 Å². The maximum Gasteiger partial charge on any atom is 0.287 e. The van der Waals surface area contributed by atoms with E-state index in [2.05, 4.69) is 10.4 Å². The molecule has 1 aromatic carbocycles. The second-order valence-electron chi connectivity index (χ2n) is 5.46. The molecule has 0 aliphatic rings. The fourth-order valence-electron chi connectivity index (χ4n) is 2.61. The summed E-state index contributed by atoms with van der Waals surface area (Å²) in [6.45, 7) is 2.01. The molecule has 0 aliphatic heterocycles. The van der Waals surface area contributed by atoms with Crippen molar-refractivity contribution in [3.63, 3.8) is 0 Å². The topological polar surface area (TPSA) is 60.1 Å². The van der Waals surface area contributed by atoms with Gasteiger partial charge in [0.15, 0.2) is 5.76 Å². The Morgan fingerprint density at radius 1 is 1.29 bits per heavy atom. The smallest absolute Gasteiger partial charge is 0.287 e. The minimum atomic E-state index is -0.263. The van der Waals surface area contributed by atoms with Gasteiger partial charge in [-0.05, 0) is 36.8 Å². The number of furan rings is 1. The molecule has 5 nitrogen and oxygen atoms in total. The summed E-state index contributed by atoms with van der Waals surface area (Å²) in [6, 6.07) is 12.5. The molecule has 1 amide bonds. The molecule has 1 atom stereocenters. The largest absolute Gasteiger partial charge is 0.451 e. The van der Waals surface area contributed by atoms with E-state index in [0.29, 0.717) is 10.8 Å². The summed E-state index contributed by atoms with van der Waals surface area (Å²) < 4.78 is 7.44. The lowest BCUT2D eigenvalue weighted by Crippen LogP contribution is -2.29. The van der Waals surface area contributed by atoms with E-state index < -0.39 is 0 Å². The molecule has 0 unspecified atom stereocenters. The van der Waals surface area contributed by atoms with Gasteiger partial charge in [-0.25, -0.2) is 0 Å². The van der Waals surface area contributed by atoms with Crippen molar-refractivity contribution in [3.8, 4) is 11.3 Å². The van der Waals surface area contributed by atoms with Crippen LogP contribution in [0.1, 0.15) is 35.6 Å². The summed E-state index contributed by atoms with van der Waals surface area (Å²) in [5.41, 5.74) is 1.71. The average Bonchev–Trinajstić information content (AvgIpc) is 3.22. The summed E-state index contributed by atoms with van der Waals surface area (Å²) in [4.78, 5) is 12.5. The first-order valence-electron chi connectivity index (χ1n) is 7.73. The second-order valence-corrected chi connectivity index (χ2v) is 5.86. The van der Waals surface area contributed by atoms with Gasteiger partial charge in [0.25, 0.3) is 5.91 Å². The fourth-order valence-corrected chi connectivity index (χ4v) is 2.84. The van der Waals surface area contributed by atoms with Crippen LogP contribution in [-0.4, -0.2) is 15.7 Å². The molecular weight excluding hydrogens is 326 g/mol. The minimum Gasteiger partial charge on any atom is -0.451 e. The number of halogens is 1. The van der Waals surface area contributed by atoms with Crippen molar-refractivity contribution in [2.24, 2.45) is 7.05 Å². The number of nitrogens with zero attached hydrogens (tertiary/aromatic N) is 2. The zero-order valence-electron chi connectivity index (χ0n) is 13.5. The van der Waals surface area contributed by atoms with Gasteiger partial charge >= 0.3 is 0 Å². The highest BCUT2D eigenvalue weighted by Crippen LogP contribution is 2.29. The lowest BCUT2D eigenvalue weighted by Gasteiger charge is -2.16. The van der Waals surface area contributed by atoms with Crippen LogP contribution >= 0.6 is 11.6 Å². The number of amides is 1. The number of hydrogen-bond donors (Lipinski definition) is 1. The summed E-state index contributed by atoms with van der Waals surface area (Å²) in [6.07, 6.45) is 2.47. The van der Waals surface area contributed by atoms with Crippen LogP contribution in [0.25, 0.3) is 11.3 Å². The third-order valence-corrected chi connectivity index (χ3v) is 4.23. The number of aromatic nitrogens is 2. The van der Waals surface area contributed by atoms with E-state index in [0.717, 1.165) is 17.7 Å². The van der Waals surface area contributed by atoms with Crippen molar-refractivity contribution in [1.82, 2.24) is 15.1 Å². The maximum atomic E-state index is 12.5. The number of carbonyl (C=O) groups excluding carboxylic acids is 1. The predicted octanol–water partition coefficient (Wildman–Crippen LogP) is 4.21. The van der Waals surface area contributed by atoms with Gasteiger partial charge in [-0.2, -0.15) is 5.10 Å². The first-order chi connectivity index (χ1) is 11.6. The Hall–Kier alpha value is -2.53. The molecule has 0 radical (unpaired) electrons. The van der Waals surface area contributed by atoms with Crippen molar-refractivity contribution in [3.05, 3.63) is 65.1 Å². The zero-order chi connectivity index (χ0) is 17.1. The van der Waals surface area contributed by atoms with Crippen LogP contribution in [0.15, 0.2) is 53.1 Å². The molecule has 0 aliphatic carbocycles. The minimum absolute atomic E-state index is 0.126. The third kappa shape index (κ3) is 3.21. The number of nitrogens with one attached hydrogen (secondary N) is 1. The van der Waals surface area contributed by atoms with Crippen LogP contribution in [0.2, 0.25) is 5.02 Å².